The van der Waals surface area contributed by atoms with Gasteiger partial charge in [0.2, 0.25) is 0 Å². The van der Waals surface area contributed by atoms with Gasteiger partial charge in [0.25, 0.3) is 5.91 Å². The summed E-state index contributed by atoms with van der Waals surface area (Å²) in [6.07, 6.45) is 0. The van der Waals surface area contributed by atoms with Gasteiger partial charge in [-0.3, -0.25) is 4.79 Å². The van der Waals surface area contributed by atoms with Gasteiger partial charge in [-0.2, -0.15) is 9.78 Å². The first-order valence-corrected chi connectivity index (χ1v) is 6.28. The second-order valence-electron chi connectivity index (χ2n) is 4.56. The number of aryl methyl sites for hydroxylation is 2. The highest BCUT2D eigenvalue weighted by atomic mass is 35.5. The molecule has 0 unspecified atom stereocenters. The zero-order chi connectivity index (χ0) is 13.6. The van der Waals surface area contributed by atoms with E-state index in [1.807, 2.05) is 32.0 Å². The Morgan fingerprint density at radius 3 is 2.74 bits per heavy atom. The van der Waals surface area contributed by atoms with Crippen LogP contribution < -0.4 is 0 Å². The Morgan fingerprint density at radius 2 is 2.05 bits per heavy atom. The van der Waals surface area contributed by atoms with E-state index in [0.29, 0.717) is 10.7 Å². The predicted molar refractivity (Wildman–Crippen MR) is 74.7 cm³/mol. The number of aromatic amines is 1. The average Bonchev–Trinajstić information content (AvgIpc) is 2.91. The molecule has 2 heterocycles. The van der Waals surface area contributed by atoms with Crippen molar-refractivity contribution < 1.29 is 4.79 Å². The monoisotopic (exact) mass is 273 g/mol. The first-order valence-electron chi connectivity index (χ1n) is 5.91. The third-order valence-corrected chi connectivity index (χ3v) is 3.25. The van der Waals surface area contributed by atoms with Gasteiger partial charge in [0.15, 0.2) is 0 Å². The third-order valence-electron chi connectivity index (χ3n) is 3.02. The molecule has 0 bridgehead atoms. The van der Waals surface area contributed by atoms with E-state index in [1.54, 1.807) is 12.1 Å². The van der Waals surface area contributed by atoms with Gasteiger partial charge in [-0.1, -0.05) is 11.6 Å². The number of carbonyl (C=O) groups is 1. The Labute approximate surface area is 115 Å². The molecule has 1 aromatic carbocycles. The molecule has 0 radical (unpaired) electrons. The van der Waals surface area contributed by atoms with Crippen LogP contribution in [0, 0.1) is 13.8 Å². The minimum atomic E-state index is -0.169. The summed E-state index contributed by atoms with van der Waals surface area (Å²) in [6, 6.07) is 9.14. The summed E-state index contributed by atoms with van der Waals surface area (Å²) in [5.41, 5.74) is 3.03. The lowest BCUT2D eigenvalue weighted by molar-refractivity contribution is 0.0938. The summed E-state index contributed by atoms with van der Waals surface area (Å²) in [5, 5.41) is 5.76. The molecule has 5 heteroatoms. The van der Waals surface area contributed by atoms with Gasteiger partial charge < -0.3 is 4.98 Å². The van der Waals surface area contributed by atoms with Crippen LogP contribution >= 0.6 is 11.6 Å². The lowest BCUT2D eigenvalue weighted by Crippen LogP contribution is -2.15. The summed E-state index contributed by atoms with van der Waals surface area (Å²) in [4.78, 5) is 15.5. The van der Waals surface area contributed by atoms with Crippen molar-refractivity contribution >= 4 is 28.4 Å². The Morgan fingerprint density at radius 1 is 1.26 bits per heavy atom. The van der Waals surface area contributed by atoms with E-state index < -0.39 is 0 Å². The van der Waals surface area contributed by atoms with Gasteiger partial charge in [0.05, 0.1) is 5.69 Å². The van der Waals surface area contributed by atoms with Crippen molar-refractivity contribution in [1.82, 2.24) is 14.8 Å². The number of fused-ring (bicyclic) bond motifs is 1. The summed E-state index contributed by atoms with van der Waals surface area (Å²) in [7, 11) is 0. The number of hydrogen-bond acceptors (Lipinski definition) is 2. The van der Waals surface area contributed by atoms with Crippen LogP contribution in [-0.2, 0) is 0 Å². The molecule has 2 aromatic heterocycles. The van der Waals surface area contributed by atoms with E-state index in [2.05, 4.69) is 10.1 Å². The van der Waals surface area contributed by atoms with Gasteiger partial charge in [0, 0.05) is 21.6 Å². The maximum Gasteiger partial charge on any atom is 0.294 e. The highest BCUT2D eigenvalue weighted by molar-refractivity contribution is 6.31. The van der Waals surface area contributed by atoms with Gasteiger partial charge in [-0.25, -0.2) is 0 Å². The van der Waals surface area contributed by atoms with Gasteiger partial charge in [-0.05, 0) is 44.2 Å². The van der Waals surface area contributed by atoms with Crippen LogP contribution in [0.3, 0.4) is 0 Å². The lowest BCUT2D eigenvalue weighted by Gasteiger charge is -1.99. The molecule has 0 spiro atoms. The van der Waals surface area contributed by atoms with Crippen LogP contribution in [0.2, 0.25) is 5.02 Å². The van der Waals surface area contributed by atoms with Crippen molar-refractivity contribution in [3.63, 3.8) is 0 Å². The highest BCUT2D eigenvalue weighted by Crippen LogP contribution is 2.20. The van der Waals surface area contributed by atoms with E-state index >= 15 is 0 Å². The number of nitrogens with zero attached hydrogens (tertiary/aromatic N) is 2. The predicted octanol–water partition coefficient (Wildman–Crippen LogP) is 3.32. The molecule has 0 aliphatic rings. The molecular formula is C14H12ClN3O. The quantitative estimate of drug-likeness (QED) is 0.739. The maximum absolute atomic E-state index is 12.4. The summed E-state index contributed by atoms with van der Waals surface area (Å²) in [5.74, 6) is -0.169. The average molecular weight is 274 g/mol. The number of aromatic nitrogens is 3. The number of benzene rings is 1. The number of halogens is 1. The second kappa shape index (κ2) is 4.24. The molecule has 4 nitrogen and oxygen atoms in total. The molecular weight excluding hydrogens is 262 g/mol. The van der Waals surface area contributed by atoms with E-state index in [9.17, 15) is 4.79 Å². The second-order valence-corrected chi connectivity index (χ2v) is 5.00. The van der Waals surface area contributed by atoms with Crippen LogP contribution in [0.5, 0.6) is 0 Å². The molecule has 0 saturated heterocycles. The van der Waals surface area contributed by atoms with E-state index in [4.69, 9.17) is 11.6 Å². The van der Waals surface area contributed by atoms with Crippen molar-refractivity contribution in [1.29, 1.82) is 0 Å². The van der Waals surface area contributed by atoms with Crippen molar-refractivity contribution in [2.24, 2.45) is 0 Å². The Hall–Kier alpha value is -2.07. The van der Waals surface area contributed by atoms with Crippen LogP contribution in [-0.4, -0.2) is 20.7 Å². The fraction of sp³-hybridized carbons (Fsp3) is 0.143. The lowest BCUT2D eigenvalue weighted by atomic mass is 10.2. The fourth-order valence-electron chi connectivity index (χ4n) is 2.17. The minimum Gasteiger partial charge on any atom is -0.350 e. The molecule has 0 fully saturated rings. The maximum atomic E-state index is 12.4. The van der Waals surface area contributed by atoms with Crippen molar-refractivity contribution in [3.8, 4) is 0 Å². The largest absolute Gasteiger partial charge is 0.350 e. The summed E-state index contributed by atoms with van der Waals surface area (Å²) < 4.78 is 1.40. The van der Waals surface area contributed by atoms with Gasteiger partial charge in [-0.15, -0.1) is 0 Å². The summed E-state index contributed by atoms with van der Waals surface area (Å²) >= 11 is 5.94. The smallest absolute Gasteiger partial charge is 0.294 e. The number of hydrogen-bond donors (Lipinski definition) is 1. The highest BCUT2D eigenvalue weighted by Gasteiger charge is 2.15. The molecule has 0 aliphatic carbocycles. The molecule has 19 heavy (non-hydrogen) atoms. The zero-order valence-corrected chi connectivity index (χ0v) is 11.3. The zero-order valence-electron chi connectivity index (χ0n) is 10.6. The van der Waals surface area contributed by atoms with E-state index in [1.165, 1.54) is 4.68 Å². The van der Waals surface area contributed by atoms with Gasteiger partial charge in [0.1, 0.15) is 5.69 Å². The topological polar surface area (TPSA) is 50.7 Å². The van der Waals surface area contributed by atoms with Crippen molar-refractivity contribution in [2.45, 2.75) is 13.8 Å². The standard InChI is InChI=1S/C14H12ClN3O/c1-8-5-9(2)18(17-8)14(19)13-7-10-6-11(15)3-4-12(10)16-13/h3-7,16H,1-2H3. The van der Waals surface area contributed by atoms with Crippen molar-refractivity contribution in [3.05, 3.63) is 52.4 Å². The van der Waals surface area contributed by atoms with Crippen LogP contribution in [0.1, 0.15) is 21.9 Å². The third kappa shape index (κ3) is 2.04. The first-order chi connectivity index (χ1) is 9.04. The fourth-order valence-corrected chi connectivity index (χ4v) is 2.35. The first kappa shape index (κ1) is 12.0. The Balaban J connectivity index is 2.09. The molecule has 96 valence electrons. The molecule has 3 rings (SSSR count). The molecule has 3 aromatic rings. The molecule has 0 atom stereocenters. The van der Waals surface area contributed by atoms with E-state index in [-0.39, 0.29) is 5.91 Å². The minimum absolute atomic E-state index is 0.169. The number of carbonyl (C=O) groups excluding carboxylic acids is 1. The van der Waals surface area contributed by atoms with Crippen LogP contribution in [0.4, 0.5) is 0 Å². The number of H-pyrrole nitrogens is 1. The normalized spacial score (nSPS) is 11.1. The SMILES string of the molecule is Cc1cc(C)n(C(=O)c2cc3cc(Cl)ccc3[nH]2)n1. The Bertz CT molecular complexity index is 785. The van der Waals surface area contributed by atoms with Gasteiger partial charge >= 0.3 is 0 Å². The van der Waals surface area contributed by atoms with Crippen LogP contribution in [0.25, 0.3) is 10.9 Å². The number of rotatable bonds is 1. The number of nitrogens with one attached hydrogen (secondary N) is 1. The molecule has 0 amide bonds. The van der Waals surface area contributed by atoms with Crippen molar-refractivity contribution in [2.75, 3.05) is 0 Å². The Kier molecular flexibility index (Phi) is 2.68. The molecule has 1 N–H and O–H groups in total. The van der Waals surface area contributed by atoms with Crippen LogP contribution in [0.15, 0.2) is 30.3 Å². The van der Waals surface area contributed by atoms with E-state index in [0.717, 1.165) is 22.3 Å². The molecule has 0 saturated carbocycles. The molecule has 0 aliphatic heterocycles. The summed E-state index contributed by atoms with van der Waals surface area (Å²) in [6.45, 7) is 3.72.